The van der Waals surface area contributed by atoms with Gasteiger partial charge in [0.2, 0.25) is 0 Å². The maximum atomic E-state index is 12.6. The maximum Gasteiger partial charge on any atom is 0.338 e. The standard InChI is InChI=1S/C28H22O8/c1-2-28(34)23(18-12-6-8-14-20(18)25(29)30)22(16-35-27(33)17-10-4-3-5-11-17)36-24(28)19-13-7-9-15-21(19)26(31)32/h1,3-15,22-24,34H,16H2,(H,29,30)(H,31,32)/t22-,23+,24?,28-/m0/s1. The molecular weight excluding hydrogens is 464 g/mol. The molecule has 4 rings (SSSR count). The largest absolute Gasteiger partial charge is 0.478 e. The van der Waals surface area contributed by atoms with E-state index in [2.05, 4.69) is 5.92 Å². The molecule has 0 aliphatic carbocycles. The molecule has 0 radical (unpaired) electrons. The second-order valence-electron chi connectivity index (χ2n) is 8.25. The monoisotopic (exact) mass is 486 g/mol. The molecule has 3 N–H and O–H groups in total. The smallest absolute Gasteiger partial charge is 0.338 e. The Kier molecular flexibility index (Phi) is 6.88. The Bertz CT molecular complexity index is 1340. The molecule has 0 saturated carbocycles. The fourth-order valence-corrected chi connectivity index (χ4v) is 4.55. The van der Waals surface area contributed by atoms with Gasteiger partial charge >= 0.3 is 17.9 Å². The van der Waals surface area contributed by atoms with E-state index in [0.717, 1.165) is 0 Å². The molecule has 182 valence electrons. The number of terminal acetylenes is 1. The molecule has 1 aliphatic heterocycles. The van der Waals surface area contributed by atoms with Crippen LogP contribution in [-0.2, 0) is 9.47 Å². The predicted octanol–water partition coefficient (Wildman–Crippen LogP) is 3.53. The summed E-state index contributed by atoms with van der Waals surface area (Å²) < 4.78 is 11.6. The lowest BCUT2D eigenvalue weighted by Crippen LogP contribution is -2.39. The summed E-state index contributed by atoms with van der Waals surface area (Å²) in [6, 6.07) is 20.1. The Morgan fingerprint density at radius 2 is 1.39 bits per heavy atom. The fourth-order valence-electron chi connectivity index (χ4n) is 4.55. The van der Waals surface area contributed by atoms with E-state index in [1.807, 2.05) is 0 Å². The van der Waals surface area contributed by atoms with E-state index in [1.165, 1.54) is 36.4 Å². The summed E-state index contributed by atoms with van der Waals surface area (Å²) in [6.45, 7) is -0.373. The van der Waals surface area contributed by atoms with Crippen molar-refractivity contribution in [3.8, 4) is 12.3 Å². The van der Waals surface area contributed by atoms with Crippen LogP contribution >= 0.6 is 0 Å². The van der Waals surface area contributed by atoms with Gasteiger partial charge < -0.3 is 24.8 Å². The number of ether oxygens (including phenoxy) is 2. The molecule has 4 atom stereocenters. The molecule has 36 heavy (non-hydrogen) atoms. The summed E-state index contributed by atoms with van der Waals surface area (Å²) in [5.74, 6) is -1.99. The highest BCUT2D eigenvalue weighted by molar-refractivity contribution is 5.91. The highest BCUT2D eigenvalue weighted by Gasteiger charge is 2.57. The van der Waals surface area contributed by atoms with Crippen LogP contribution in [0.2, 0.25) is 0 Å². The first-order valence-corrected chi connectivity index (χ1v) is 11.0. The van der Waals surface area contributed by atoms with Gasteiger partial charge in [0.05, 0.1) is 22.6 Å². The SMILES string of the molecule is C#C[C@@]1(O)C(c2ccccc2C(=O)O)O[C@@H](COC(=O)c2ccccc2)[C@H]1c1ccccc1C(=O)O. The van der Waals surface area contributed by atoms with Crippen molar-refractivity contribution in [3.63, 3.8) is 0 Å². The highest BCUT2D eigenvalue weighted by Crippen LogP contribution is 2.51. The van der Waals surface area contributed by atoms with Crippen LogP contribution in [0.5, 0.6) is 0 Å². The Labute approximate surface area is 206 Å². The predicted molar refractivity (Wildman–Crippen MR) is 128 cm³/mol. The number of aliphatic hydroxyl groups is 1. The molecule has 1 heterocycles. The lowest BCUT2D eigenvalue weighted by molar-refractivity contribution is -0.0360. The van der Waals surface area contributed by atoms with Gasteiger partial charge in [0.25, 0.3) is 0 Å². The number of aromatic carboxylic acids is 2. The third-order valence-electron chi connectivity index (χ3n) is 6.18. The van der Waals surface area contributed by atoms with Crippen molar-refractivity contribution in [1.29, 1.82) is 0 Å². The third-order valence-corrected chi connectivity index (χ3v) is 6.18. The maximum absolute atomic E-state index is 12.6. The molecule has 0 amide bonds. The van der Waals surface area contributed by atoms with Crippen molar-refractivity contribution < 1.29 is 39.2 Å². The van der Waals surface area contributed by atoms with Gasteiger partial charge in [-0.25, -0.2) is 14.4 Å². The number of esters is 1. The number of hydrogen-bond donors (Lipinski definition) is 3. The first kappa shape index (κ1) is 24.7. The minimum absolute atomic E-state index is 0.111. The summed E-state index contributed by atoms with van der Waals surface area (Å²) in [7, 11) is 0. The van der Waals surface area contributed by atoms with Crippen molar-refractivity contribution in [1.82, 2.24) is 0 Å². The van der Waals surface area contributed by atoms with Gasteiger partial charge in [0, 0.05) is 0 Å². The average Bonchev–Trinajstić information content (AvgIpc) is 3.19. The number of hydrogen-bond acceptors (Lipinski definition) is 6. The summed E-state index contributed by atoms with van der Waals surface area (Å²) in [6.07, 6.45) is 3.37. The van der Waals surface area contributed by atoms with Crippen LogP contribution in [0.3, 0.4) is 0 Å². The van der Waals surface area contributed by atoms with Gasteiger partial charge in [0.15, 0.2) is 5.60 Å². The Morgan fingerprint density at radius 1 is 0.861 bits per heavy atom. The highest BCUT2D eigenvalue weighted by atomic mass is 16.6. The first-order valence-electron chi connectivity index (χ1n) is 11.0. The van der Waals surface area contributed by atoms with Gasteiger partial charge in [-0.05, 0) is 35.4 Å². The minimum atomic E-state index is -2.17. The Morgan fingerprint density at radius 3 is 1.97 bits per heavy atom. The first-order chi connectivity index (χ1) is 17.3. The van der Waals surface area contributed by atoms with Crippen LogP contribution in [0.1, 0.15) is 54.2 Å². The van der Waals surface area contributed by atoms with E-state index < -0.39 is 41.6 Å². The fraction of sp³-hybridized carbons (Fsp3) is 0.179. The summed E-state index contributed by atoms with van der Waals surface area (Å²) >= 11 is 0. The number of carbonyl (C=O) groups is 3. The number of rotatable bonds is 7. The van der Waals surface area contributed by atoms with Crippen LogP contribution in [0.25, 0.3) is 0 Å². The second-order valence-corrected chi connectivity index (χ2v) is 8.25. The molecule has 1 saturated heterocycles. The number of carboxylic acid groups (broad SMARTS) is 2. The van der Waals surface area contributed by atoms with Crippen LogP contribution in [0, 0.1) is 12.3 Å². The van der Waals surface area contributed by atoms with Crippen molar-refractivity contribution in [2.45, 2.75) is 23.7 Å². The van der Waals surface area contributed by atoms with E-state index in [1.54, 1.807) is 42.5 Å². The zero-order valence-corrected chi connectivity index (χ0v) is 18.9. The molecule has 0 spiro atoms. The summed E-state index contributed by atoms with van der Waals surface area (Å²) in [5.41, 5.74) is -1.85. The molecule has 8 heteroatoms. The van der Waals surface area contributed by atoms with Gasteiger partial charge in [-0.3, -0.25) is 0 Å². The second kappa shape index (κ2) is 10.0. The Hall–Kier alpha value is -4.45. The van der Waals surface area contributed by atoms with Crippen molar-refractivity contribution in [2.24, 2.45) is 0 Å². The average molecular weight is 486 g/mol. The van der Waals surface area contributed by atoms with E-state index in [-0.39, 0.29) is 34.4 Å². The zero-order valence-electron chi connectivity index (χ0n) is 18.9. The van der Waals surface area contributed by atoms with Crippen molar-refractivity contribution >= 4 is 17.9 Å². The van der Waals surface area contributed by atoms with Gasteiger partial charge in [0.1, 0.15) is 18.8 Å². The minimum Gasteiger partial charge on any atom is -0.478 e. The van der Waals surface area contributed by atoms with Gasteiger partial charge in [-0.15, -0.1) is 6.42 Å². The summed E-state index contributed by atoms with van der Waals surface area (Å²) in [4.78, 5) is 36.5. The van der Waals surface area contributed by atoms with Crippen LogP contribution < -0.4 is 0 Å². The molecule has 1 unspecified atom stereocenters. The normalized spacial score (nSPS) is 22.9. The van der Waals surface area contributed by atoms with Gasteiger partial charge in [-0.2, -0.15) is 0 Å². The van der Waals surface area contributed by atoms with E-state index in [0.29, 0.717) is 0 Å². The molecule has 1 fully saturated rings. The molecule has 0 bridgehead atoms. The number of benzene rings is 3. The molecule has 3 aromatic carbocycles. The lowest BCUT2D eigenvalue weighted by Gasteiger charge is -2.30. The van der Waals surface area contributed by atoms with E-state index in [9.17, 15) is 29.7 Å². The van der Waals surface area contributed by atoms with Crippen molar-refractivity contribution in [2.75, 3.05) is 6.61 Å². The van der Waals surface area contributed by atoms with Gasteiger partial charge in [-0.1, -0.05) is 60.5 Å². The quantitative estimate of drug-likeness (QED) is 0.342. The van der Waals surface area contributed by atoms with E-state index >= 15 is 0 Å². The van der Waals surface area contributed by atoms with Crippen LogP contribution in [-0.4, -0.2) is 51.5 Å². The lowest BCUT2D eigenvalue weighted by atomic mass is 9.75. The number of carboxylic acids is 2. The topological polar surface area (TPSA) is 130 Å². The molecule has 0 aromatic heterocycles. The summed E-state index contributed by atoms with van der Waals surface area (Å²) in [5, 5.41) is 31.3. The van der Waals surface area contributed by atoms with E-state index in [4.69, 9.17) is 15.9 Å². The molecule has 1 aliphatic rings. The van der Waals surface area contributed by atoms with Crippen LogP contribution in [0.4, 0.5) is 0 Å². The Balaban J connectivity index is 1.80. The molecular formula is C28H22O8. The van der Waals surface area contributed by atoms with Crippen molar-refractivity contribution in [3.05, 3.63) is 107 Å². The molecule has 3 aromatic rings. The third kappa shape index (κ3) is 4.45. The molecule has 8 nitrogen and oxygen atoms in total. The number of carbonyl (C=O) groups excluding carboxylic acids is 1. The van der Waals surface area contributed by atoms with Crippen LogP contribution in [0.15, 0.2) is 78.9 Å². The zero-order chi connectivity index (χ0) is 25.9.